The summed E-state index contributed by atoms with van der Waals surface area (Å²) in [4.78, 5) is 15.9. The van der Waals surface area contributed by atoms with Crippen LogP contribution in [-0.2, 0) is 0 Å². The number of carbonyl (C=O) groups is 1. The minimum atomic E-state index is -1.09. The molecule has 31 heavy (non-hydrogen) atoms. The highest BCUT2D eigenvalue weighted by molar-refractivity contribution is 5.88. The molecule has 0 amide bonds. The van der Waals surface area contributed by atoms with Crippen molar-refractivity contribution in [1.82, 2.24) is 14.6 Å². The summed E-state index contributed by atoms with van der Waals surface area (Å²) in [5.41, 5.74) is 3.87. The minimum Gasteiger partial charge on any atom is -0.476 e. The van der Waals surface area contributed by atoms with Gasteiger partial charge in [-0.2, -0.15) is 5.10 Å². The lowest BCUT2D eigenvalue weighted by Crippen LogP contribution is -2.02. The molecule has 6 nitrogen and oxygen atoms in total. The van der Waals surface area contributed by atoms with E-state index in [4.69, 9.17) is 4.74 Å². The van der Waals surface area contributed by atoms with Crippen LogP contribution in [0.15, 0.2) is 97.2 Å². The van der Waals surface area contributed by atoms with E-state index in [2.05, 4.69) is 10.1 Å². The van der Waals surface area contributed by atoms with Crippen molar-refractivity contribution in [2.24, 2.45) is 0 Å². The third kappa shape index (κ3) is 3.62. The number of aromatic nitrogens is 3. The Bertz CT molecular complexity index is 1360. The number of ether oxygens (including phenoxy) is 1. The molecule has 0 bridgehead atoms. The summed E-state index contributed by atoms with van der Waals surface area (Å²) < 4.78 is 7.47. The van der Waals surface area contributed by atoms with Crippen molar-refractivity contribution in [2.45, 2.75) is 0 Å². The van der Waals surface area contributed by atoms with Gasteiger partial charge in [-0.25, -0.2) is 14.3 Å². The van der Waals surface area contributed by atoms with Crippen molar-refractivity contribution in [3.8, 4) is 33.9 Å². The molecule has 0 saturated carbocycles. The Balaban J connectivity index is 1.61. The molecule has 5 rings (SSSR count). The van der Waals surface area contributed by atoms with Gasteiger partial charge in [-0.05, 0) is 29.8 Å². The molecular formula is C25H17N3O3. The van der Waals surface area contributed by atoms with Crippen molar-refractivity contribution in [1.29, 1.82) is 0 Å². The van der Waals surface area contributed by atoms with Gasteiger partial charge in [0.25, 0.3) is 0 Å². The zero-order valence-corrected chi connectivity index (χ0v) is 16.3. The molecule has 0 fully saturated rings. The molecule has 150 valence electrons. The van der Waals surface area contributed by atoms with Gasteiger partial charge in [0.05, 0.1) is 5.69 Å². The first-order chi connectivity index (χ1) is 15.2. The number of aromatic carboxylic acids is 1. The monoisotopic (exact) mass is 407 g/mol. The number of para-hydroxylation sites is 1. The van der Waals surface area contributed by atoms with E-state index in [1.165, 1.54) is 6.07 Å². The van der Waals surface area contributed by atoms with Gasteiger partial charge in [-0.1, -0.05) is 60.7 Å². The average Bonchev–Trinajstić information content (AvgIpc) is 3.25. The van der Waals surface area contributed by atoms with Gasteiger partial charge in [-0.15, -0.1) is 0 Å². The molecule has 0 atom stereocenters. The van der Waals surface area contributed by atoms with E-state index in [9.17, 15) is 9.90 Å². The maximum absolute atomic E-state index is 11.4. The number of carboxylic acid groups (broad SMARTS) is 1. The van der Waals surface area contributed by atoms with Crippen LogP contribution in [0.3, 0.4) is 0 Å². The average molecular weight is 407 g/mol. The summed E-state index contributed by atoms with van der Waals surface area (Å²) in [6, 6.07) is 28.5. The van der Waals surface area contributed by atoms with Crippen LogP contribution in [0.5, 0.6) is 11.5 Å². The molecule has 3 aromatic carbocycles. The van der Waals surface area contributed by atoms with E-state index in [0.717, 1.165) is 33.9 Å². The van der Waals surface area contributed by atoms with E-state index in [0.29, 0.717) is 5.65 Å². The lowest BCUT2D eigenvalue weighted by atomic mass is 10.0. The highest BCUT2D eigenvalue weighted by Gasteiger charge is 2.17. The largest absolute Gasteiger partial charge is 0.476 e. The van der Waals surface area contributed by atoms with Gasteiger partial charge in [0.15, 0.2) is 11.3 Å². The van der Waals surface area contributed by atoms with Gasteiger partial charge in [0, 0.05) is 23.4 Å². The third-order valence-corrected chi connectivity index (χ3v) is 4.89. The van der Waals surface area contributed by atoms with Crippen molar-refractivity contribution in [3.05, 3.63) is 103 Å². The second kappa shape index (κ2) is 7.76. The van der Waals surface area contributed by atoms with E-state index < -0.39 is 5.97 Å². The first kappa shape index (κ1) is 18.6. The second-order valence-corrected chi connectivity index (χ2v) is 6.93. The van der Waals surface area contributed by atoms with E-state index in [1.807, 2.05) is 84.9 Å². The fraction of sp³-hybridized carbons (Fsp3) is 0. The van der Waals surface area contributed by atoms with Crippen molar-refractivity contribution >= 4 is 11.6 Å². The number of carboxylic acids is 1. The summed E-state index contributed by atoms with van der Waals surface area (Å²) in [5, 5.41) is 13.6. The van der Waals surface area contributed by atoms with Gasteiger partial charge < -0.3 is 9.84 Å². The number of hydrogen-bond acceptors (Lipinski definition) is 4. The topological polar surface area (TPSA) is 76.7 Å². The Morgan fingerprint density at radius 1 is 0.806 bits per heavy atom. The van der Waals surface area contributed by atoms with Crippen LogP contribution in [0.1, 0.15) is 10.5 Å². The third-order valence-electron chi connectivity index (χ3n) is 4.89. The number of rotatable bonds is 5. The SMILES string of the molecule is O=C(O)c1cc2ncc(-c3ccc(Oc4ccccc4)cc3)c(-c3ccccc3)n2n1. The molecule has 0 aliphatic rings. The number of fused-ring (bicyclic) bond motifs is 1. The smallest absolute Gasteiger partial charge is 0.356 e. The zero-order valence-electron chi connectivity index (χ0n) is 16.3. The molecule has 2 heterocycles. The molecule has 0 unspecified atom stereocenters. The van der Waals surface area contributed by atoms with E-state index in [-0.39, 0.29) is 5.69 Å². The van der Waals surface area contributed by atoms with E-state index in [1.54, 1.807) is 10.7 Å². The number of nitrogens with zero attached hydrogens (tertiary/aromatic N) is 3. The second-order valence-electron chi connectivity index (χ2n) is 6.93. The van der Waals surface area contributed by atoms with Crippen LogP contribution in [-0.4, -0.2) is 25.7 Å². The minimum absolute atomic E-state index is 0.0477. The fourth-order valence-corrected chi connectivity index (χ4v) is 3.45. The Labute approximate surface area is 178 Å². The highest BCUT2D eigenvalue weighted by Crippen LogP contribution is 2.33. The van der Waals surface area contributed by atoms with Crippen LogP contribution >= 0.6 is 0 Å². The van der Waals surface area contributed by atoms with Gasteiger partial charge in [0.1, 0.15) is 11.5 Å². The summed E-state index contributed by atoms with van der Waals surface area (Å²) in [6.07, 6.45) is 1.75. The maximum Gasteiger partial charge on any atom is 0.356 e. The zero-order chi connectivity index (χ0) is 21.2. The normalized spacial score (nSPS) is 10.8. The predicted octanol–water partition coefficient (Wildman–Crippen LogP) is 5.55. The van der Waals surface area contributed by atoms with Crippen LogP contribution < -0.4 is 4.74 Å². The first-order valence-electron chi connectivity index (χ1n) is 9.70. The summed E-state index contributed by atoms with van der Waals surface area (Å²) in [7, 11) is 0. The van der Waals surface area contributed by atoms with Crippen molar-refractivity contribution < 1.29 is 14.6 Å². The van der Waals surface area contributed by atoms with Crippen molar-refractivity contribution in [2.75, 3.05) is 0 Å². The Kier molecular flexibility index (Phi) is 4.65. The maximum atomic E-state index is 11.4. The van der Waals surface area contributed by atoms with Gasteiger partial charge >= 0.3 is 5.97 Å². The molecular weight excluding hydrogens is 390 g/mol. The quantitative estimate of drug-likeness (QED) is 0.413. The lowest BCUT2D eigenvalue weighted by Gasteiger charge is -2.12. The van der Waals surface area contributed by atoms with Crippen LogP contribution in [0.4, 0.5) is 0 Å². The lowest BCUT2D eigenvalue weighted by molar-refractivity contribution is 0.0690. The van der Waals surface area contributed by atoms with Crippen LogP contribution in [0.25, 0.3) is 28.0 Å². The Hall–Kier alpha value is -4.45. The molecule has 0 aliphatic heterocycles. The summed E-state index contributed by atoms with van der Waals surface area (Å²) in [6.45, 7) is 0. The van der Waals surface area contributed by atoms with Crippen LogP contribution in [0, 0.1) is 0 Å². The molecule has 0 spiro atoms. The molecule has 2 aromatic heterocycles. The summed E-state index contributed by atoms with van der Waals surface area (Å²) in [5.74, 6) is 0.395. The van der Waals surface area contributed by atoms with E-state index >= 15 is 0 Å². The molecule has 5 aromatic rings. The number of hydrogen-bond donors (Lipinski definition) is 1. The molecule has 6 heteroatoms. The summed E-state index contributed by atoms with van der Waals surface area (Å²) >= 11 is 0. The molecule has 1 N–H and O–H groups in total. The Morgan fingerprint density at radius 2 is 1.45 bits per heavy atom. The van der Waals surface area contributed by atoms with Crippen LogP contribution in [0.2, 0.25) is 0 Å². The fourth-order valence-electron chi connectivity index (χ4n) is 3.45. The van der Waals surface area contributed by atoms with Gasteiger partial charge in [0.2, 0.25) is 0 Å². The van der Waals surface area contributed by atoms with Crippen molar-refractivity contribution in [3.63, 3.8) is 0 Å². The molecule has 0 saturated heterocycles. The standard InChI is InChI=1S/C25H17N3O3/c29-25(30)22-15-23-26-16-21(24(28(23)27-22)18-7-3-1-4-8-18)17-11-13-20(14-12-17)31-19-9-5-2-6-10-19/h1-16H,(H,29,30). The predicted molar refractivity (Wildman–Crippen MR) is 117 cm³/mol. The first-order valence-corrected chi connectivity index (χ1v) is 9.70. The Morgan fingerprint density at radius 3 is 2.13 bits per heavy atom. The highest BCUT2D eigenvalue weighted by atomic mass is 16.5. The van der Waals surface area contributed by atoms with Gasteiger partial charge in [-0.3, -0.25) is 0 Å². The molecule has 0 radical (unpaired) electrons. The molecule has 0 aliphatic carbocycles. The number of benzene rings is 3.